The maximum absolute atomic E-state index is 11.3. The van der Waals surface area contributed by atoms with E-state index in [4.69, 9.17) is 10.8 Å². The van der Waals surface area contributed by atoms with Crippen molar-refractivity contribution in [3.8, 4) is 0 Å². The predicted molar refractivity (Wildman–Crippen MR) is 52.7 cm³/mol. The van der Waals surface area contributed by atoms with Crippen molar-refractivity contribution in [2.45, 2.75) is 39.3 Å². The molecule has 0 aliphatic heterocycles. The largest absolute Gasteiger partial charge is 0.480 e. The number of hydrogen-bond donors (Lipinski definition) is 3. The second-order valence-corrected chi connectivity index (χ2v) is 3.58. The van der Waals surface area contributed by atoms with Gasteiger partial charge in [0, 0.05) is 0 Å². The molecule has 0 saturated carbocycles. The minimum atomic E-state index is -1.03. The van der Waals surface area contributed by atoms with Gasteiger partial charge in [-0.15, -0.1) is 0 Å². The first-order chi connectivity index (χ1) is 6.40. The Bertz CT molecular complexity index is 216. The molecule has 2 atom stereocenters. The highest BCUT2D eigenvalue weighted by molar-refractivity contribution is 5.86. The first-order valence-corrected chi connectivity index (χ1v) is 4.68. The summed E-state index contributed by atoms with van der Waals surface area (Å²) in [4.78, 5) is 22.0. The van der Waals surface area contributed by atoms with Crippen LogP contribution in [0.3, 0.4) is 0 Å². The molecule has 0 saturated heterocycles. The number of hydrogen-bond acceptors (Lipinski definition) is 3. The molecule has 0 aromatic rings. The predicted octanol–water partition coefficient (Wildman–Crippen LogP) is -0.0509. The lowest BCUT2D eigenvalue weighted by Gasteiger charge is -2.19. The normalized spacial score (nSPS) is 14.9. The van der Waals surface area contributed by atoms with Crippen LogP contribution in [-0.4, -0.2) is 29.1 Å². The van der Waals surface area contributed by atoms with Crippen molar-refractivity contribution < 1.29 is 14.7 Å². The molecule has 0 aliphatic carbocycles. The number of rotatable bonds is 5. The van der Waals surface area contributed by atoms with E-state index in [2.05, 4.69) is 5.32 Å². The molecule has 4 N–H and O–H groups in total. The Morgan fingerprint density at radius 3 is 2.21 bits per heavy atom. The van der Waals surface area contributed by atoms with Gasteiger partial charge < -0.3 is 16.2 Å². The molecule has 5 nitrogen and oxygen atoms in total. The number of carboxylic acid groups (broad SMARTS) is 1. The van der Waals surface area contributed by atoms with Crippen LogP contribution in [0, 0.1) is 5.92 Å². The molecule has 0 radical (unpaired) electrons. The molecule has 0 spiro atoms. The van der Waals surface area contributed by atoms with Crippen LogP contribution in [0.5, 0.6) is 0 Å². The molecule has 0 fully saturated rings. The molecule has 14 heavy (non-hydrogen) atoms. The number of nitrogens with one attached hydrogen (secondary N) is 1. The average Bonchev–Trinajstić information content (AvgIpc) is 2.11. The van der Waals surface area contributed by atoms with Crippen LogP contribution in [-0.2, 0) is 9.59 Å². The van der Waals surface area contributed by atoms with Crippen molar-refractivity contribution >= 4 is 11.9 Å². The van der Waals surface area contributed by atoms with Crippen LogP contribution < -0.4 is 11.1 Å². The number of carbonyl (C=O) groups is 2. The van der Waals surface area contributed by atoms with E-state index in [1.165, 1.54) is 0 Å². The van der Waals surface area contributed by atoms with Crippen molar-refractivity contribution in [3.05, 3.63) is 0 Å². The average molecular weight is 202 g/mol. The maximum atomic E-state index is 11.3. The van der Waals surface area contributed by atoms with E-state index in [0.29, 0.717) is 6.42 Å². The van der Waals surface area contributed by atoms with Gasteiger partial charge in [-0.1, -0.05) is 20.8 Å². The van der Waals surface area contributed by atoms with E-state index in [-0.39, 0.29) is 5.92 Å². The summed E-state index contributed by atoms with van der Waals surface area (Å²) in [5.74, 6) is -1.59. The van der Waals surface area contributed by atoms with Crippen LogP contribution in [0.25, 0.3) is 0 Å². The van der Waals surface area contributed by atoms with Gasteiger partial charge in [-0.05, 0) is 12.3 Å². The summed E-state index contributed by atoms with van der Waals surface area (Å²) >= 11 is 0. The van der Waals surface area contributed by atoms with Crippen molar-refractivity contribution in [3.63, 3.8) is 0 Å². The van der Waals surface area contributed by atoms with Gasteiger partial charge in [-0.3, -0.25) is 4.79 Å². The zero-order valence-corrected chi connectivity index (χ0v) is 8.78. The van der Waals surface area contributed by atoms with Gasteiger partial charge in [-0.2, -0.15) is 0 Å². The Morgan fingerprint density at radius 1 is 1.43 bits per heavy atom. The molecular weight excluding hydrogens is 184 g/mol. The summed E-state index contributed by atoms with van der Waals surface area (Å²) in [6.07, 6.45) is 0.496. The van der Waals surface area contributed by atoms with Gasteiger partial charge in [-0.25, -0.2) is 4.79 Å². The van der Waals surface area contributed by atoms with Crippen LogP contribution in [0.2, 0.25) is 0 Å². The maximum Gasteiger partial charge on any atom is 0.326 e. The summed E-state index contributed by atoms with van der Waals surface area (Å²) in [6.45, 7) is 5.24. The first kappa shape index (κ1) is 12.9. The topological polar surface area (TPSA) is 92.4 Å². The van der Waals surface area contributed by atoms with E-state index >= 15 is 0 Å². The Balaban J connectivity index is 4.31. The van der Waals surface area contributed by atoms with E-state index in [1.807, 2.05) is 0 Å². The SMILES string of the molecule is CC[C@H](N)C(=O)NC(C(=O)O)C(C)C. The van der Waals surface area contributed by atoms with Gasteiger partial charge in [0.1, 0.15) is 6.04 Å². The molecule has 82 valence electrons. The lowest BCUT2D eigenvalue weighted by molar-refractivity contribution is -0.143. The van der Waals surface area contributed by atoms with Crippen LogP contribution in [0.4, 0.5) is 0 Å². The minimum Gasteiger partial charge on any atom is -0.480 e. The summed E-state index contributed by atoms with van der Waals surface area (Å²) in [7, 11) is 0. The second-order valence-electron chi connectivity index (χ2n) is 3.58. The quantitative estimate of drug-likeness (QED) is 0.582. The van der Waals surface area contributed by atoms with Crippen LogP contribution in [0.15, 0.2) is 0 Å². The molecule has 0 aliphatic rings. The second kappa shape index (κ2) is 5.59. The summed E-state index contributed by atoms with van der Waals surface area (Å²) in [5, 5.41) is 11.2. The lowest BCUT2D eigenvalue weighted by Crippen LogP contribution is -2.50. The third-order valence-corrected chi connectivity index (χ3v) is 2.01. The highest BCUT2D eigenvalue weighted by Crippen LogP contribution is 2.02. The summed E-state index contributed by atoms with van der Waals surface area (Å²) in [5.41, 5.74) is 5.46. The smallest absolute Gasteiger partial charge is 0.326 e. The Morgan fingerprint density at radius 2 is 1.93 bits per heavy atom. The van der Waals surface area contributed by atoms with E-state index in [1.54, 1.807) is 20.8 Å². The molecular formula is C9H18N2O3. The fourth-order valence-corrected chi connectivity index (χ4v) is 0.959. The molecule has 5 heteroatoms. The van der Waals surface area contributed by atoms with Crippen LogP contribution >= 0.6 is 0 Å². The third-order valence-electron chi connectivity index (χ3n) is 2.01. The lowest BCUT2D eigenvalue weighted by atomic mass is 10.0. The molecule has 1 amide bonds. The minimum absolute atomic E-state index is 0.152. The Hall–Kier alpha value is -1.10. The zero-order valence-electron chi connectivity index (χ0n) is 8.78. The number of carbonyl (C=O) groups excluding carboxylic acids is 1. The highest BCUT2D eigenvalue weighted by atomic mass is 16.4. The van der Waals surface area contributed by atoms with Crippen LogP contribution in [0.1, 0.15) is 27.2 Å². The standard InChI is InChI=1S/C9H18N2O3/c1-4-6(10)8(12)11-7(5(2)3)9(13)14/h5-7H,4,10H2,1-3H3,(H,11,12)(H,13,14)/t6-,7?/m0/s1. The van der Waals surface area contributed by atoms with Gasteiger partial charge in [0.2, 0.25) is 5.91 Å². The highest BCUT2D eigenvalue weighted by Gasteiger charge is 2.25. The van der Waals surface area contributed by atoms with Crippen molar-refractivity contribution in [1.29, 1.82) is 0 Å². The number of carboxylic acids is 1. The number of amides is 1. The van der Waals surface area contributed by atoms with Crippen molar-refractivity contribution in [2.24, 2.45) is 11.7 Å². The van der Waals surface area contributed by atoms with Gasteiger partial charge in [0.25, 0.3) is 0 Å². The van der Waals surface area contributed by atoms with E-state index < -0.39 is 24.0 Å². The van der Waals surface area contributed by atoms with Crippen molar-refractivity contribution in [1.82, 2.24) is 5.32 Å². The molecule has 1 unspecified atom stereocenters. The fraction of sp³-hybridized carbons (Fsp3) is 0.778. The molecule has 0 aromatic carbocycles. The van der Waals surface area contributed by atoms with Gasteiger partial charge in [0.15, 0.2) is 0 Å². The molecule has 0 bridgehead atoms. The number of aliphatic carboxylic acids is 1. The third kappa shape index (κ3) is 3.74. The van der Waals surface area contributed by atoms with E-state index in [9.17, 15) is 9.59 Å². The van der Waals surface area contributed by atoms with Crippen molar-refractivity contribution in [2.75, 3.05) is 0 Å². The van der Waals surface area contributed by atoms with Gasteiger partial charge in [0.05, 0.1) is 6.04 Å². The monoisotopic (exact) mass is 202 g/mol. The molecule has 0 heterocycles. The summed E-state index contributed by atoms with van der Waals surface area (Å²) < 4.78 is 0. The molecule has 0 aromatic heterocycles. The van der Waals surface area contributed by atoms with E-state index in [0.717, 1.165) is 0 Å². The fourth-order valence-electron chi connectivity index (χ4n) is 0.959. The Kier molecular flexibility index (Phi) is 5.15. The first-order valence-electron chi connectivity index (χ1n) is 4.68. The molecule has 0 rings (SSSR count). The zero-order chi connectivity index (χ0) is 11.3. The number of nitrogens with two attached hydrogens (primary N) is 1. The Labute approximate surface area is 83.7 Å². The van der Waals surface area contributed by atoms with Gasteiger partial charge >= 0.3 is 5.97 Å². The summed E-state index contributed by atoms with van der Waals surface area (Å²) in [6, 6.07) is -1.49.